The maximum absolute atomic E-state index is 11.1. The number of hydrogen-bond acceptors (Lipinski definition) is 4. The number of nitrogens with one attached hydrogen (secondary N) is 1. The molecule has 1 aromatic rings. The summed E-state index contributed by atoms with van der Waals surface area (Å²) in [6.07, 6.45) is 0. The predicted molar refractivity (Wildman–Crippen MR) is 46.5 cm³/mol. The summed E-state index contributed by atoms with van der Waals surface area (Å²) in [6, 6.07) is 2.19. The van der Waals surface area contributed by atoms with Gasteiger partial charge < -0.3 is 9.73 Å². The summed E-state index contributed by atoms with van der Waals surface area (Å²) in [4.78, 5) is 11.1. The number of rotatable bonds is 3. The Bertz CT molecular complexity index is 433. The van der Waals surface area contributed by atoms with Gasteiger partial charge in [-0.2, -0.15) is 8.42 Å². The molecule has 0 unspecified atom stereocenters. The molecule has 1 amide bonds. The van der Waals surface area contributed by atoms with Crippen LogP contribution in [-0.2, 0) is 10.1 Å². The Labute approximate surface area is 80.7 Å². The van der Waals surface area contributed by atoms with Gasteiger partial charge in [-0.15, -0.1) is 0 Å². The molecule has 0 spiro atoms. The normalized spacial score (nSPS) is 11.3. The van der Waals surface area contributed by atoms with Gasteiger partial charge in [-0.1, -0.05) is 0 Å². The fourth-order valence-corrected chi connectivity index (χ4v) is 1.26. The smallest absolute Gasteiger partial charge is 0.328 e. The molecule has 0 radical (unpaired) electrons. The fraction of sp³-hybridized carbons (Fsp3) is 0.286. The zero-order valence-electron chi connectivity index (χ0n) is 7.35. The van der Waals surface area contributed by atoms with E-state index in [0.29, 0.717) is 6.54 Å². The standard InChI is InChI=1S/C7H9NO5S/c1-2-8-7(9)5-3-4-6(13-5)14(10,11)12/h3-4H,2H2,1H3,(H,8,9)(H,10,11,12). The van der Waals surface area contributed by atoms with E-state index in [9.17, 15) is 13.2 Å². The molecule has 6 nitrogen and oxygen atoms in total. The van der Waals surface area contributed by atoms with Crippen molar-refractivity contribution in [2.24, 2.45) is 0 Å². The van der Waals surface area contributed by atoms with E-state index >= 15 is 0 Å². The van der Waals surface area contributed by atoms with Gasteiger partial charge in [-0.05, 0) is 19.1 Å². The first-order valence-corrected chi connectivity index (χ1v) is 5.24. The van der Waals surface area contributed by atoms with Crippen LogP contribution in [0, 0.1) is 0 Å². The number of carbonyl (C=O) groups excluding carboxylic acids is 1. The molecule has 0 atom stereocenters. The summed E-state index contributed by atoms with van der Waals surface area (Å²) in [5, 5.41) is 1.78. The summed E-state index contributed by atoms with van der Waals surface area (Å²) in [5.74, 6) is -0.679. The zero-order valence-corrected chi connectivity index (χ0v) is 8.17. The van der Waals surface area contributed by atoms with Crippen molar-refractivity contribution in [2.75, 3.05) is 6.54 Å². The van der Waals surface area contributed by atoms with Crippen molar-refractivity contribution in [3.8, 4) is 0 Å². The SMILES string of the molecule is CCNC(=O)c1ccc(S(=O)(=O)O)o1. The lowest BCUT2D eigenvalue weighted by molar-refractivity contribution is 0.0922. The molecule has 0 saturated heterocycles. The van der Waals surface area contributed by atoms with Crippen molar-refractivity contribution >= 4 is 16.0 Å². The Morgan fingerprint density at radius 1 is 1.57 bits per heavy atom. The molecule has 0 aliphatic heterocycles. The Kier molecular flexibility index (Phi) is 2.92. The fourth-order valence-electron chi connectivity index (χ4n) is 0.828. The monoisotopic (exact) mass is 219 g/mol. The van der Waals surface area contributed by atoms with Gasteiger partial charge >= 0.3 is 10.1 Å². The van der Waals surface area contributed by atoms with E-state index in [4.69, 9.17) is 4.55 Å². The van der Waals surface area contributed by atoms with Gasteiger partial charge in [0.15, 0.2) is 5.76 Å². The van der Waals surface area contributed by atoms with Crippen LogP contribution in [0.4, 0.5) is 0 Å². The number of amides is 1. The van der Waals surface area contributed by atoms with Crippen LogP contribution in [0.15, 0.2) is 21.6 Å². The van der Waals surface area contributed by atoms with Crippen LogP contribution >= 0.6 is 0 Å². The van der Waals surface area contributed by atoms with Crippen molar-refractivity contribution in [2.45, 2.75) is 12.0 Å². The van der Waals surface area contributed by atoms with Crippen LogP contribution in [0.25, 0.3) is 0 Å². The molecular weight excluding hydrogens is 210 g/mol. The third-order valence-corrected chi connectivity index (χ3v) is 2.12. The Morgan fingerprint density at radius 2 is 2.21 bits per heavy atom. The van der Waals surface area contributed by atoms with E-state index in [1.165, 1.54) is 6.07 Å². The van der Waals surface area contributed by atoms with Crippen molar-refractivity contribution in [3.05, 3.63) is 17.9 Å². The minimum Gasteiger partial charge on any atom is -0.437 e. The Balaban J connectivity index is 2.94. The van der Waals surface area contributed by atoms with Gasteiger partial charge in [0, 0.05) is 6.54 Å². The Hall–Kier alpha value is -1.34. The maximum Gasteiger partial charge on any atom is 0.328 e. The van der Waals surface area contributed by atoms with Crippen molar-refractivity contribution in [1.29, 1.82) is 0 Å². The van der Waals surface area contributed by atoms with Gasteiger partial charge in [-0.3, -0.25) is 9.35 Å². The molecule has 0 bridgehead atoms. The summed E-state index contributed by atoms with van der Waals surface area (Å²) < 4.78 is 34.3. The highest BCUT2D eigenvalue weighted by atomic mass is 32.2. The van der Waals surface area contributed by atoms with Crippen LogP contribution < -0.4 is 5.32 Å². The molecule has 0 aliphatic rings. The van der Waals surface area contributed by atoms with E-state index in [1.807, 2.05) is 0 Å². The summed E-state index contributed by atoms with van der Waals surface area (Å²) in [5.41, 5.74) is 0. The molecule has 1 aromatic heterocycles. The highest BCUT2D eigenvalue weighted by Crippen LogP contribution is 2.12. The third kappa shape index (κ3) is 2.33. The highest BCUT2D eigenvalue weighted by Gasteiger charge is 2.17. The van der Waals surface area contributed by atoms with Crippen molar-refractivity contribution in [3.63, 3.8) is 0 Å². The number of furan rings is 1. The largest absolute Gasteiger partial charge is 0.437 e. The Morgan fingerprint density at radius 3 is 2.64 bits per heavy atom. The molecule has 1 rings (SSSR count). The first-order valence-electron chi connectivity index (χ1n) is 3.80. The highest BCUT2D eigenvalue weighted by molar-refractivity contribution is 7.85. The molecule has 2 N–H and O–H groups in total. The van der Waals surface area contributed by atoms with Crippen LogP contribution in [0.5, 0.6) is 0 Å². The van der Waals surface area contributed by atoms with E-state index < -0.39 is 21.1 Å². The van der Waals surface area contributed by atoms with Crippen LogP contribution in [0.1, 0.15) is 17.5 Å². The molecule has 0 aromatic carbocycles. The van der Waals surface area contributed by atoms with Gasteiger partial charge in [0.1, 0.15) is 0 Å². The van der Waals surface area contributed by atoms with E-state index in [1.54, 1.807) is 6.92 Å². The second kappa shape index (κ2) is 3.81. The zero-order chi connectivity index (χ0) is 10.8. The average molecular weight is 219 g/mol. The molecule has 0 fully saturated rings. The summed E-state index contributed by atoms with van der Waals surface area (Å²) >= 11 is 0. The van der Waals surface area contributed by atoms with Crippen molar-refractivity contribution < 1.29 is 22.2 Å². The molecule has 0 saturated carbocycles. The minimum absolute atomic E-state index is 0.153. The summed E-state index contributed by atoms with van der Waals surface area (Å²) in [6.45, 7) is 2.12. The average Bonchev–Trinajstić information content (AvgIpc) is 2.51. The second-order valence-electron chi connectivity index (χ2n) is 2.45. The molecule has 0 aliphatic carbocycles. The second-order valence-corrected chi connectivity index (χ2v) is 3.81. The van der Waals surface area contributed by atoms with E-state index in [2.05, 4.69) is 9.73 Å². The summed E-state index contributed by atoms with van der Waals surface area (Å²) in [7, 11) is -4.38. The van der Waals surface area contributed by atoms with Gasteiger partial charge in [0.05, 0.1) is 0 Å². The lowest BCUT2D eigenvalue weighted by Gasteiger charge is -1.96. The van der Waals surface area contributed by atoms with Gasteiger partial charge in [-0.25, -0.2) is 0 Å². The van der Waals surface area contributed by atoms with Crippen LogP contribution in [0.2, 0.25) is 0 Å². The molecule has 7 heteroatoms. The van der Waals surface area contributed by atoms with Crippen LogP contribution in [0.3, 0.4) is 0 Å². The van der Waals surface area contributed by atoms with Crippen LogP contribution in [-0.4, -0.2) is 25.4 Å². The molecular formula is C7H9NO5S. The first kappa shape index (κ1) is 10.7. The molecule has 14 heavy (non-hydrogen) atoms. The van der Waals surface area contributed by atoms with Gasteiger partial charge in [0.2, 0.25) is 5.09 Å². The predicted octanol–water partition coefficient (Wildman–Crippen LogP) is 0.276. The molecule has 78 valence electrons. The quantitative estimate of drug-likeness (QED) is 0.711. The lowest BCUT2D eigenvalue weighted by atomic mass is 10.4. The third-order valence-electron chi connectivity index (χ3n) is 1.40. The maximum atomic E-state index is 11.1. The first-order chi connectivity index (χ1) is 6.45. The lowest BCUT2D eigenvalue weighted by Crippen LogP contribution is -2.21. The van der Waals surface area contributed by atoms with Gasteiger partial charge in [0.25, 0.3) is 5.91 Å². The van der Waals surface area contributed by atoms with E-state index in [-0.39, 0.29) is 5.76 Å². The number of carbonyl (C=O) groups is 1. The van der Waals surface area contributed by atoms with E-state index in [0.717, 1.165) is 6.07 Å². The number of hydrogen-bond donors (Lipinski definition) is 2. The van der Waals surface area contributed by atoms with Crippen molar-refractivity contribution in [1.82, 2.24) is 5.32 Å². The molecule has 1 heterocycles. The minimum atomic E-state index is -4.38. The topological polar surface area (TPSA) is 96.6 Å².